The molecule has 0 radical (unpaired) electrons. The maximum atomic E-state index is 6.31. The summed E-state index contributed by atoms with van der Waals surface area (Å²) >= 11 is 0. The molecule has 0 aromatic heterocycles. The summed E-state index contributed by atoms with van der Waals surface area (Å²) in [5.41, 5.74) is 7.91. The van der Waals surface area contributed by atoms with Gasteiger partial charge in [-0.3, -0.25) is 4.90 Å². The van der Waals surface area contributed by atoms with E-state index in [1.54, 1.807) is 0 Å². The first-order valence-corrected chi connectivity index (χ1v) is 7.12. The van der Waals surface area contributed by atoms with E-state index in [0.29, 0.717) is 0 Å². The molecule has 2 aliphatic rings. The Morgan fingerprint density at radius 2 is 2.32 bits per heavy atom. The van der Waals surface area contributed by atoms with Crippen molar-refractivity contribution < 1.29 is 4.74 Å². The zero-order valence-corrected chi connectivity index (χ0v) is 11.6. The van der Waals surface area contributed by atoms with Crippen molar-refractivity contribution in [2.24, 2.45) is 5.73 Å². The summed E-state index contributed by atoms with van der Waals surface area (Å²) < 4.78 is 6.31. The Morgan fingerprint density at radius 1 is 1.42 bits per heavy atom. The molecule has 0 aliphatic carbocycles. The second-order valence-electron chi connectivity index (χ2n) is 5.71. The second kappa shape index (κ2) is 4.99. The summed E-state index contributed by atoms with van der Waals surface area (Å²) in [5.74, 6) is 1.03. The largest absolute Gasteiger partial charge is 0.481 e. The molecule has 0 saturated carbocycles. The maximum absolute atomic E-state index is 6.31. The SMILES string of the molecule is Cc1ccc2c(c1)OC1(C=C2)CCN(CCCN)C1. The van der Waals surface area contributed by atoms with E-state index in [0.717, 1.165) is 44.8 Å². The molecule has 1 fully saturated rings. The molecular formula is C16H22N2O. The zero-order valence-electron chi connectivity index (χ0n) is 11.6. The van der Waals surface area contributed by atoms with Crippen LogP contribution in [0.15, 0.2) is 24.3 Å². The molecule has 2 heterocycles. The molecule has 1 unspecified atom stereocenters. The average molecular weight is 258 g/mol. The Morgan fingerprint density at radius 3 is 3.16 bits per heavy atom. The van der Waals surface area contributed by atoms with Crippen LogP contribution in [0.3, 0.4) is 0 Å². The summed E-state index contributed by atoms with van der Waals surface area (Å²) in [6, 6.07) is 6.41. The molecule has 2 N–H and O–H groups in total. The second-order valence-corrected chi connectivity index (χ2v) is 5.71. The van der Waals surface area contributed by atoms with Crippen LogP contribution in [-0.4, -0.2) is 36.7 Å². The molecule has 1 aromatic carbocycles. The van der Waals surface area contributed by atoms with Gasteiger partial charge in [-0.05, 0) is 44.1 Å². The van der Waals surface area contributed by atoms with Gasteiger partial charge in [-0.1, -0.05) is 18.2 Å². The minimum absolute atomic E-state index is 0.116. The topological polar surface area (TPSA) is 38.5 Å². The standard InChI is InChI=1S/C16H22N2O/c1-13-3-4-14-5-6-16(19-15(14)11-13)7-10-18(12-16)9-2-8-17/h3-6,11H,2,7-10,12,17H2,1H3. The number of hydrogen-bond acceptors (Lipinski definition) is 3. The maximum Gasteiger partial charge on any atom is 0.141 e. The summed E-state index contributed by atoms with van der Waals surface area (Å²) in [5, 5.41) is 0. The van der Waals surface area contributed by atoms with Gasteiger partial charge in [0, 0.05) is 25.1 Å². The van der Waals surface area contributed by atoms with Crippen molar-refractivity contribution in [3.63, 3.8) is 0 Å². The molecule has 2 aliphatic heterocycles. The van der Waals surface area contributed by atoms with Crippen LogP contribution in [0.4, 0.5) is 0 Å². The van der Waals surface area contributed by atoms with Crippen molar-refractivity contribution in [3.05, 3.63) is 35.4 Å². The third-order valence-electron chi connectivity index (χ3n) is 4.07. The first-order chi connectivity index (χ1) is 9.21. The highest BCUT2D eigenvalue weighted by Gasteiger charge is 2.39. The summed E-state index contributed by atoms with van der Waals surface area (Å²) in [4.78, 5) is 2.46. The normalized spacial score (nSPS) is 25.6. The third-order valence-corrected chi connectivity index (χ3v) is 4.07. The number of rotatable bonds is 3. The summed E-state index contributed by atoms with van der Waals surface area (Å²) in [7, 11) is 0. The van der Waals surface area contributed by atoms with Crippen LogP contribution in [0.2, 0.25) is 0 Å². The molecule has 0 bridgehead atoms. The van der Waals surface area contributed by atoms with Crippen LogP contribution in [-0.2, 0) is 0 Å². The molecule has 3 rings (SSSR count). The molecule has 3 nitrogen and oxygen atoms in total. The van der Waals surface area contributed by atoms with Crippen molar-refractivity contribution in [2.45, 2.75) is 25.4 Å². The number of likely N-dealkylation sites (tertiary alicyclic amines) is 1. The van der Waals surface area contributed by atoms with Crippen LogP contribution in [0, 0.1) is 6.92 Å². The third kappa shape index (κ3) is 2.53. The highest BCUT2D eigenvalue weighted by molar-refractivity contribution is 5.62. The fourth-order valence-corrected chi connectivity index (χ4v) is 2.97. The van der Waals surface area contributed by atoms with Crippen LogP contribution >= 0.6 is 0 Å². The number of nitrogens with two attached hydrogens (primary N) is 1. The number of ether oxygens (including phenoxy) is 1. The molecule has 19 heavy (non-hydrogen) atoms. The van der Waals surface area contributed by atoms with E-state index in [9.17, 15) is 0 Å². The minimum Gasteiger partial charge on any atom is -0.481 e. The average Bonchev–Trinajstić information content (AvgIpc) is 2.79. The number of hydrogen-bond donors (Lipinski definition) is 1. The van der Waals surface area contributed by atoms with E-state index < -0.39 is 0 Å². The molecule has 1 saturated heterocycles. The van der Waals surface area contributed by atoms with Gasteiger partial charge in [0.2, 0.25) is 0 Å². The molecule has 3 heteroatoms. The van der Waals surface area contributed by atoms with Crippen molar-refractivity contribution in [3.8, 4) is 5.75 Å². The molecular weight excluding hydrogens is 236 g/mol. The van der Waals surface area contributed by atoms with Gasteiger partial charge < -0.3 is 10.5 Å². The van der Waals surface area contributed by atoms with Crippen LogP contribution in [0.25, 0.3) is 6.08 Å². The Kier molecular flexibility index (Phi) is 3.33. The molecule has 1 spiro atoms. The molecule has 0 amide bonds. The lowest BCUT2D eigenvalue weighted by molar-refractivity contribution is 0.123. The Hall–Kier alpha value is -1.32. The Labute approximate surface area is 115 Å². The van der Waals surface area contributed by atoms with Crippen LogP contribution in [0.1, 0.15) is 24.0 Å². The predicted octanol–water partition coefficient (Wildman–Crippen LogP) is 2.19. The molecule has 102 valence electrons. The van der Waals surface area contributed by atoms with Gasteiger partial charge in [-0.25, -0.2) is 0 Å². The fraction of sp³-hybridized carbons (Fsp3) is 0.500. The van der Waals surface area contributed by atoms with E-state index >= 15 is 0 Å². The van der Waals surface area contributed by atoms with Crippen LogP contribution in [0.5, 0.6) is 5.75 Å². The number of benzene rings is 1. The number of nitrogens with zero attached hydrogens (tertiary/aromatic N) is 1. The van der Waals surface area contributed by atoms with Crippen molar-refractivity contribution in [1.82, 2.24) is 4.90 Å². The lowest BCUT2D eigenvalue weighted by Crippen LogP contribution is -2.39. The van der Waals surface area contributed by atoms with Crippen molar-refractivity contribution in [1.29, 1.82) is 0 Å². The Balaban J connectivity index is 1.75. The highest BCUT2D eigenvalue weighted by Crippen LogP contribution is 2.36. The fourth-order valence-electron chi connectivity index (χ4n) is 2.97. The van der Waals surface area contributed by atoms with Gasteiger partial charge in [0.1, 0.15) is 11.4 Å². The smallest absolute Gasteiger partial charge is 0.141 e. The molecule has 1 aromatic rings. The Bertz CT molecular complexity index is 498. The minimum atomic E-state index is -0.116. The quantitative estimate of drug-likeness (QED) is 0.903. The first-order valence-electron chi connectivity index (χ1n) is 7.12. The zero-order chi connectivity index (χ0) is 13.3. The van der Waals surface area contributed by atoms with Crippen LogP contribution < -0.4 is 10.5 Å². The predicted molar refractivity (Wildman–Crippen MR) is 78.3 cm³/mol. The van der Waals surface area contributed by atoms with Gasteiger partial charge in [0.25, 0.3) is 0 Å². The van der Waals surface area contributed by atoms with Gasteiger partial charge in [0.05, 0.1) is 0 Å². The van der Waals surface area contributed by atoms with Gasteiger partial charge in [-0.15, -0.1) is 0 Å². The van der Waals surface area contributed by atoms with E-state index in [4.69, 9.17) is 10.5 Å². The number of fused-ring (bicyclic) bond motifs is 1. The van der Waals surface area contributed by atoms with E-state index in [2.05, 4.69) is 42.2 Å². The van der Waals surface area contributed by atoms with Crippen molar-refractivity contribution >= 4 is 6.08 Å². The lowest BCUT2D eigenvalue weighted by Gasteiger charge is -2.31. The monoisotopic (exact) mass is 258 g/mol. The van der Waals surface area contributed by atoms with Gasteiger partial charge in [-0.2, -0.15) is 0 Å². The number of aryl methyl sites for hydroxylation is 1. The van der Waals surface area contributed by atoms with Crippen molar-refractivity contribution in [2.75, 3.05) is 26.2 Å². The van der Waals surface area contributed by atoms with E-state index in [1.807, 2.05) is 0 Å². The summed E-state index contributed by atoms with van der Waals surface area (Å²) in [6.45, 7) is 6.04. The van der Waals surface area contributed by atoms with Gasteiger partial charge in [0.15, 0.2) is 0 Å². The first kappa shape index (κ1) is 12.7. The van der Waals surface area contributed by atoms with E-state index in [-0.39, 0.29) is 5.60 Å². The lowest BCUT2D eigenvalue weighted by atomic mass is 9.97. The molecule has 1 atom stereocenters. The summed E-state index contributed by atoms with van der Waals surface area (Å²) in [6.07, 6.45) is 6.59. The van der Waals surface area contributed by atoms with Gasteiger partial charge >= 0.3 is 0 Å². The van der Waals surface area contributed by atoms with E-state index in [1.165, 1.54) is 11.1 Å². The highest BCUT2D eigenvalue weighted by atomic mass is 16.5.